The highest BCUT2D eigenvalue weighted by Crippen LogP contribution is 2.17. The molecule has 14 heavy (non-hydrogen) atoms. The van der Waals surface area contributed by atoms with Crippen molar-refractivity contribution in [3.8, 4) is 0 Å². The second-order valence-corrected chi connectivity index (χ2v) is 3.51. The number of imidazole rings is 1. The van der Waals surface area contributed by atoms with Crippen LogP contribution in [0.2, 0.25) is 0 Å². The van der Waals surface area contributed by atoms with Crippen molar-refractivity contribution in [2.24, 2.45) is 0 Å². The van der Waals surface area contributed by atoms with Crippen LogP contribution in [0.25, 0.3) is 11.0 Å². The summed E-state index contributed by atoms with van der Waals surface area (Å²) >= 11 is 0. The first-order valence-electron chi connectivity index (χ1n) is 4.71. The van der Waals surface area contributed by atoms with Crippen LogP contribution in [0, 0.1) is 0 Å². The van der Waals surface area contributed by atoms with Crippen molar-refractivity contribution in [1.82, 2.24) is 4.98 Å². The van der Waals surface area contributed by atoms with Crippen LogP contribution < -0.4 is 4.57 Å². The Morgan fingerprint density at radius 1 is 1.36 bits per heavy atom. The highest BCUT2D eigenvalue weighted by Gasteiger charge is 2.25. The fourth-order valence-corrected chi connectivity index (χ4v) is 1.97. The maximum absolute atomic E-state index is 9.72. The molecule has 0 amide bonds. The number of aromatic nitrogens is 2. The minimum atomic E-state index is -0.504. The number of aliphatic hydroxyl groups excluding tert-OH is 1. The first-order chi connectivity index (χ1) is 6.86. The molecule has 1 aromatic carbocycles. The summed E-state index contributed by atoms with van der Waals surface area (Å²) in [7, 11) is 0. The molecule has 1 atom stereocenters. The lowest BCUT2D eigenvalue weighted by atomic mass is 10.2. The number of nitrogens with one attached hydrogen (secondary N) is 1. The van der Waals surface area contributed by atoms with Crippen LogP contribution in [0.5, 0.6) is 0 Å². The van der Waals surface area contributed by atoms with Gasteiger partial charge in [-0.05, 0) is 24.3 Å². The average Bonchev–Trinajstić information content (AvgIpc) is 2.59. The zero-order valence-corrected chi connectivity index (χ0v) is 7.64. The molecule has 0 bridgehead atoms. The highest BCUT2D eigenvalue weighted by atomic mass is 16.3. The second kappa shape index (κ2) is 2.69. The van der Waals surface area contributed by atoms with Crippen molar-refractivity contribution in [3.63, 3.8) is 0 Å². The van der Waals surface area contributed by atoms with Gasteiger partial charge in [-0.2, -0.15) is 0 Å². The SMILES string of the molecule is OC1C=CC[n+]2c1[nH]c1ccccc12. The number of hydrogen-bond donors (Lipinski definition) is 2. The van der Waals surface area contributed by atoms with Gasteiger partial charge in [-0.25, -0.2) is 9.55 Å². The first-order valence-corrected chi connectivity index (χ1v) is 4.71. The number of aliphatic hydroxyl groups is 1. The van der Waals surface area contributed by atoms with Gasteiger partial charge in [0.2, 0.25) is 0 Å². The summed E-state index contributed by atoms with van der Waals surface area (Å²) in [5.74, 6) is 0.869. The molecule has 0 aliphatic carbocycles. The molecule has 1 unspecified atom stereocenters. The van der Waals surface area contributed by atoms with E-state index in [1.807, 2.05) is 30.4 Å². The fraction of sp³-hybridized carbons (Fsp3) is 0.182. The van der Waals surface area contributed by atoms with Crippen molar-refractivity contribution in [2.45, 2.75) is 12.6 Å². The maximum Gasteiger partial charge on any atom is 0.288 e. The molecule has 1 aliphatic heterocycles. The summed E-state index contributed by atoms with van der Waals surface area (Å²) in [5, 5.41) is 9.72. The third-order valence-corrected chi connectivity index (χ3v) is 2.63. The van der Waals surface area contributed by atoms with Crippen molar-refractivity contribution >= 4 is 11.0 Å². The number of fused-ring (bicyclic) bond motifs is 3. The highest BCUT2D eigenvalue weighted by molar-refractivity contribution is 5.71. The Labute approximate surface area is 81.3 Å². The van der Waals surface area contributed by atoms with Gasteiger partial charge in [0.25, 0.3) is 5.82 Å². The molecule has 0 spiro atoms. The largest absolute Gasteiger partial charge is 0.377 e. The van der Waals surface area contributed by atoms with Gasteiger partial charge in [0.15, 0.2) is 17.1 Å². The first kappa shape index (κ1) is 7.76. The monoisotopic (exact) mass is 187 g/mol. The zero-order valence-electron chi connectivity index (χ0n) is 7.64. The molecule has 70 valence electrons. The molecular formula is C11H11N2O+. The fourth-order valence-electron chi connectivity index (χ4n) is 1.97. The molecule has 2 heterocycles. The van der Waals surface area contributed by atoms with E-state index in [2.05, 4.69) is 15.6 Å². The van der Waals surface area contributed by atoms with Gasteiger partial charge in [-0.3, -0.25) is 0 Å². The number of benzene rings is 1. The van der Waals surface area contributed by atoms with Crippen LogP contribution in [0.3, 0.4) is 0 Å². The predicted octanol–water partition coefficient (Wildman–Crippen LogP) is 1.06. The Morgan fingerprint density at radius 3 is 3.14 bits per heavy atom. The van der Waals surface area contributed by atoms with E-state index >= 15 is 0 Å². The van der Waals surface area contributed by atoms with Gasteiger partial charge in [0, 0.05) is 0 Å². The van der Waals surface area contributed by atoms with E-state index in [1.165, 1.54) is 0 Å². The Hall–Kier alpha value is -1.61. The van der Waals surface area contributed by atoms with Gasteiger partial charge in [-0.15, -0.1) is 0 Å². The Balaban J connectivity index is 2.35. The molecule has 3 nitrogen and oxygen atoms in total. The quantitative estimate of drug-likeness (QED) is 0.470. The van der Waals surface area contributed by atoms with Crippen LogP contribution in [0.1, 0.15) is 11.9 Å². The van der Waals surface area contributed by atoms with Crippen LogP contribution in [0.4, 0.5) is 0 Å². The number of hydrogen-bond acceptors (Lipinski definition) is 1. The molecule has 1 aliphatic rings. The van der Waals surface area contributed by atoms with Crippen molar-refractivity contribution in [1.29, 1.82) is 0 Å². The van der Waals surface area contributed by atoms with Gasteiger partial charge in [0.05, 0.1) is 0 Å². The maximum atomic E-state index is 9.72. The predicted molar refractivity (Wildman–Crippen MR) is 52.6 cm³/mol. The van der Waals surface area contributed by atoms with E-state index in [4.69, 9.17) is 0 Å². The van der Waals surface area contributed by atoms with E-state index in [0.717, 1.165) is 23.4 Å². The summed E-state index contributed by atoms with van der Waals surface area (Å²) in [5.41, 5.74) is 2.22. The van der Waals surface area contributed by atoms with Crippen molar-refractivity contribution < 1.29 is 9.67 Å². The smallest absolute Gasteiger partial charge is 0.288 e. The van der Waals surface area contributed by atoms with Crippen LogP contribution in [-0.4, -0.2) is 10.1 Å². The lowest BCUT2D eigenvalue weighted by molar-refractivity contribution is -0.674. The second-order valence-electron chi connectivity index (χ2n) is 3.51. The Morgan fingerprint density at radius 2 is 2.21 bits per heavy atom. The van der Waals surface area contributed by atoms with E-state index < -0.39 is 6.10 Å². The number of aromatic amines is 1. The van der Waals surface area contributed by atoms with E-state index in [9.17, 15) is 5.11 Å². The van der Waals surface area contributed by atoms with Crippen LogP contribution in [0.15, 0.2) is 36.4 Å². The van der Waals surface area contributed by atoms with E-state index in [-0.39, 0.29) is 0 Å². The minimum Gasteiger partial charge on any atom is -0.377 e. The van der Waals surface area contributed by atoms with Gasteiger partial charge < -0.3 is 5.11 Å². The molecule has 2 N–H and O–H groups in total. The lowest BCUT2D eigenvalue weighted by Crippen LogP contribution is -2.39. The Bertz CT molecular complexity index is 513. The summed E-state index contributed by atoms with van der Waals surface area (Å²) in [4.78, 5) is 3.23. The Kier molecular flexibility index (Phi) is 1.49. The molecule has 3 rings (SSSR count). The number of H-pyrrole nitrogens is 1. The summed E-state index contributed by atoms with van der Waals surface area (Å²) in [6, 6.07) is 8.08. The van der Waals surface area contributed by atoms with E-state index in [1.54, 1.807) is 0 Å². The van der Waals surface area contributed by atoms with Gasteiger partial charge >= 0.3 is 0 Å². The van der Waals surface area contributed by atoms with Gasteiger partial charge in [-0.1, -0.05) is 12.1 Å². The van der Waals surface area contributed by atoms with Crippen LogP contribution in [-0.2, 0) is 6.54 Å². The number of rotatable bonds is 0. The molecule has 0 saturated carbocycles. The number of para-hydroxylation sites is 2. The average molecular weight is 187 g/mol. The van der Waals surface area contributed by atoms with Crippen molar-refractivity contribution in [3.05, 3.63) is 42.2 Å². The topological polar surface area (TPSA) is 39.9 Å². The molecule has 0 radical (unpaired) electrons. The minimum absolute atomic E-state index is 0.504. The lowest BCUT2D eigenvalue weighted by Gasteiger charge is -2.06. The molecule has 0 fully saturated rings. The third-order valence-electron chi connectivity index (χ3n) is 2.63. The molecule has 2 aromatic rings. The van der Waals surface area contributed by atoms with Gasteiger partial charge in [0.1, 0.15) is 6.54 Å². The summed E-state index contributed by atoms with van der Waals surface area (Å²) < 4.78 is 2.10. The standard InChI is InChI=1S/C11H10N2O/c14-10-6-3-7-13-9-5-2-1-4-8(9)12-11(10)13/h1-6,10,14H,7H2/p+1. The molecule has 1 aromatic heterocycles. The molecular weight excluding hydrogens is 176 g/mol. The van der Waals surface area contributed by atoms with Crippen LogP contribution >= 0.6 is 0 Å². The molecule has 0 saturated heterocycles. The third kappa shape index (κ3) is 0.930. The summed E-state index contributed by atoms with van der Waals surface area (Å²) in [6.45, 7) is 0.830. The normalized spacial score (nSPS) is 19.9. The number of allylic oxidation sites excluding steroid dienone is 1. The molecule has 3 heteroatoms. The zero-order chi connectivity index (χ0) is 9.54. The van der Waals surface area contributed by atoms with Crippen molar-refractivity contribution in [2.75, 3.05) is 0 Å². The summed E-state index contributed by atoms with van der Waals surface area (Å²) in [6.07, 6.45) is 3.29. The van der Waals surface area contributed by atoms with E-state index in [0.29, 0.717) is 0 Å². The number of nitrogens with zero attached hydrogens (tertiary/aromatic N) is 1.